The molecule has 0 aromatic heterocycles. The minimum atomic E-state index is -3.85. The summed E-state index contributed by atoms with van der Waals surface area (Å²) in [5.74, 6) is 0. The fourth-order valence-electron chi connectivity index (χ4n) is 1.34. The van der Waals surface area contributed by atoms with E-state index in [0.717, 1.165) is 0 Å². The zero-order valence-electron chi connectivity index (χ0n) is 9.72. The van der Waals surface area contributed by atoms with Crippen LogP contribution in [0.4, 0.5) is 5.69 Å². The molecule has 0 radical (unpaired) electrons. The van der Waals surface area contributed by atoms with Gasteiger partial charge in [0.05, 0.1) is 34.9 Å². The number of aliphatic hydroxyl groups is 2. The molecule has 1 rings (SSSR count). The molecule has 0 saturated heterocycles. The zero-order valence-corrected chi connectivity index (χ0v) is 11.3. The summed E-state index contributed by atoms with van der Waals surface area (Å²) in [6, 6.07) is 1.64. The Kier molecular flexibility index (Phi) is 4.94. The van der Waals surface area contributed by atoms with Gasteiger partial charge in [-0.2, -0.15) is 0 Å². The molecule has 0 aliphatic carbocycles. The number of nitrogens with two attached hydrogens (primary N) is 1. The van der Waals surface area contributed by atoms with Gasteiger partial charge in [-0.1, -0.05) is 11.6 Å². The van der Waals surface area contributed by atoms with Gasteiger partial charge in [0, 0.05) is 0 Å². The van der Waals surface area contributed by atoms with Crippen molar-refractivity contribution in [2.45, 2.75) is 17.9 Å². The van der Waals surface area contributed by atoms with E-state index in [2.05, 4.69) is 4.72 Å². The van der Waals surface area contributed by atoms with Gasteiger partial charge in [0.2, 0.25) is 10.0 Å². The highest BCUT2D eigenvalue weighted by molar-refractivity contribution is 7.89. The first-order chi connectivity index (χ1) is 8.31. The molecule has 0 saturated carbocycles. The minimum Gasteiger partial charge on any atom is -0.397 e. The maximum absolute atomic E-state index is 11.9. The maximum atomic E-state index is 11.9. The highest BCUT2D eigenvalue weighted by atomic mass is 35.5. The number of hydrogen-bond donors (Lipinski definition) is 4. The van der Waals surface area contributed by atoms with Crippen molar-refractivity contribution in [2.75, 3.05) is 18.9 Å². The van der Waals surface area contributed by atoms with Crippen LogP contribution in [0.2, 0.25) is 5.02 Å². The largest absolute Gasteiger partial charge is 0.397 e. The van der Waals surface area contributed by atoms with Gasteiger partial charge in [-0.25, -0.2) is 13.1 Å². The standard InChI is InChI=1S/C10H15ClN2O4S/c1-6-2-8(3-9(12)10(6)11)18(16,17)13-7(4-14)5-15/h2-3,7,13-15H,4-5,12H2,1H3. The zero-order chi connectivity index (χ0) is 13.9. The van der Waals surface area contributed by atoms with E-state index in [1.807, 2.05) is 0 Å². The van der Waals surface area contributed by atoms with Gasteiger partial charge in [-0.05, 0) is 24.6 Å². The number of sulfonamides is 1. The normalized spacial score (nSPS) is 12.1. The van der Waals surface area contributed by atoms with Crippen LogP contribution in [0.1, 0.15) is 5.56 Å². The number of anilines is 1. The topological polar surface area (TPSA) is 113 Å². The number of aryl methyl sites for hydroxylation is 1. The van der Waals surface area contributed by atoms with Gasteiger partial charge in [-0.15, -0.1) is 0 Å². The molecule has 1 aromatic carbocycles. The Hall–Kier alpha value is -0.860. The van der Waals surface area contributed by atoms with Gasteiger partial charge >= 0.3 is 0 Å². The molecule has 8 heteroatoms. The Morgan fingerprint density at radius 1 is 1.39 bits per heavy atom. The molecule has 0 aliphatic rings. The van der Waals surface area contributed by atoms with Crippen molar-refractivity contribution in [1.29, 1.82) is 0 Å². The van der Waals surface area contributed by atoms with E-state index in [1.165, 1.54) is 12.1 Å². The molecule has 1 aromatic rings. The van der Waals surface area contributed by atoms with Crippen LogP contribution in [-0.2, 0) is 10.0 Å². The quantitative estimate of drug-likeness (QED) is 0.565. The lowest BCUT2D eigenvalue weighted by Gasteiger charge is -2.15. The molecule has 5 N–H and O–H groups in total. The second-order valence-electron chi connectivity index (χ2n) is 3.83. The maximum Gasteiger partial charge on any atom is 0.241 e. The molecule has 0 fully saturated rings. The highest BCUT2D eigenvalue weighted by Gasteiger charge is 2.20. The third kappa shape index (κ3) is 3.33. The molecule has 6 nitrogen and oxygen atoms in total. The van der Waals surface area contributed by atoms with Crippen LogP contribution in [-0.4, -0.2) is 37.9 Å². The Labute approximate surface area is 110 Å². The van der Waals surface area contributed by atoms with Crippen molar-refractivity contribution in [1.82, 2.24) is 4.72 Å². The molecule has 0 amide bonds. The number of hydrogen-bond acceptors (Lipinski definition) is 5. The molecule has 0 unspecified atom stereocenters. The van der Waals surface area contributed by atoms with Gasteiger partial charge < -0.3 is 15.9 Å². The van der Waals surface area contributed by atoms with E-state index < -0.39 is 29.3 Å². The Morgan fingerprint density at radius 2 is 1.94 bits per heavy atom. The minimum absolute atomic E-state index is 0.0613. The molecule has 0 bridgehead atoms. The third-order valence-corrected chi connectivity index (χ3v) is 4.35. The first kappa shape index (κ1) is 15.2. The van der Waals surface area contributed by atoms with E-state index in [1.54, 1.807) is 6.92 Å². The average molecular weight is 295 g/mol. The van der Waals surface area contributed by atoms with Crippen LogP contribution in [0.3, 0.4) is 0 Å². The van der Waals surface area contributed by atoms with Gasteiger partial charge in [-0.3, -0.25) is 0 Å². The number of benzene rings is 1. The molecule has 0 heterocycles. The van der Waals surface area contributed by atoms with E-state index in [9.17, 15) is 8.42 Å². The highest BCUT2D eigenvalue weighted by Crippen LogP contribution is 2.26. The summed E-state index contributed by atoms with van der Waals surface area (Å²) < 4.78 is 26.0. The molecule has 0 spiro atoms. The number of nitrogen functional groups attached to an aromatic ring is 1. The van der Waals surface area contributed by atoms with Crippen molar-refractivity contribution in [3.05, 3.63) is 22.7 Å². The fraction of sp³-hybridized carbons (Fsp3) is 0.400. The molecule has 18 heavy (non-hydrogen) atoms. The van der Waals surface area contributed by atoms with E-state index in [0.29, 0.717) is 10.6 Å². The summed E-state index contributed by atoms with van der Waals surface area (Å²) in [4.78, 5) is -0.0613. The smallest absolute Gasteiger partial charge is 0.241 e. The van der Waals surface area contributed by atoms with Crippen LogP contribution in [0, 0.1) is 6.92 Å². The summed E-state index contributed by atoms with van der Waals surface area (Å²) in [7, 11) is -3.85. The first-order valence-corrected chi connectivity index (χ1v) is 6.97. The fourth-order valence-corrected chi connectivity index (χ4v) is 2.78. The summed E-state index contributed by atoms with van der Waals surface area (Å²) in [6.45, 7) is 0.628. The third-order valence-electron chi connectivity index (χ3n) is 2.33. The van der Waals surface area contributed by atoms with E-state index in [4.69, 9.17) is 27.5 Å². The van der Waals surface area contributed by atoms with Crippen LogP contribution >= 0.6 is 11.6 Å². The second-order valence-corrected chi connectivity index (χ2v) is 5.92. The van der Waals surface area contributed by atoms with E-state index >= 15 is 0 Å². The molecular weight excluding hydrogens is 280 g/mol. The Balaban J connectivity index is 3.13. The van der Waals surface area contributed by atoms with Crippen molar-refractivity contribution < 1.29 is 18.6 Å². The van der Waals surface area contributed by atoms with Crippen LogP contribution in [0.5, 0.6) is 0 Å². The van der Waals surface area contributed by atoms with Gasteiger partial charge in [0.1, 0.15) is 0 Å². The summed E-state index contributed by atoms with van der Waals surface area (Å²) in [5, 5.41) is 18.0. The molecular formula is C10H15ClN2O4S. The monoisotopic (exact) mass is 294 g/mol. The molecule has 0 atom stereocenters. The van der Waals surface area contributed by atoms with E-state index in [-0.39, 0.29) is 10.6 Å². The van der Waals surface area contributed by atoms with Crippen molar-refractivity contribution in [3.8, 4) is 0 Å². The van der Waals surface area contributed by atoms with Crippen molar-refractivity contribution in [3.63, 3.8) is 0 Å². The lowest BCUT2D eigenvalue weighted by molar-refractivity contribution is 0.185. The molecule has 0 aliphatic heterocycles. The number of halogens is 1. The van der Waals surface area contributed by atoms with Gasteiger partial charge in [0.15, 0.2) is 0 Å². The second kappa shape index (κ2) is 5.85. The SMILES string of the molecule is Cc1cc(S(=O)(=O)NC(CO)CO)cc(N)c1Cl. The van der Waals surface area contributed by atoms with Crippen LogP contribution in [0.25, 0.3) is 0 Å². The number of aliphatic hydroxyl groups excluding tert-OH is 2. The lowest BCUT2D eigenvalue weighted by Crippen LogP contribution is -2.40. The molecule has 102 valence electrons. The summed E-state index contributed by atoms with van der Waals surface area (Å²) >= 11 is 5.84. The number of rotatable bonds is 5. The first-order valence-electron chi connectivity index (χ1n) is 5.11. The predicted octanol–water partition coefficient (Wildman–Crippen LogP) is -0.138. The van der Waals surface area contributed by atoms with Gasteiger partial charge in [0.25, 0.3) is 0 Å². The predicted molar refractivity (Wildman–Crippen MR) is 68.9 cm³/mol. The number of nitrogens with one attached hydrogen (secondary N) is 1. The van der Waals surface area contributed by atoms with Crippen molar-refractivity contribution >= 4 is 27.3 Å². The summed E-state index contributed by atoms with van der Waals surface area (Å²) in [5.41, 5.74) is 6.27. The average Bonchev–Trinajstić information content (AvgIpc) is 2.32. The van der Waals surface area contributed by atoms with Crippen LogP contribution < -0.4 is 10.5 Å². The summed E-state index contributed by atoms with van der Waals surface area (Å²) in [6.07, 6.45) is 0. The lowest BCUT2D eigenvalue weighted by atomic mass is 10.2. The van der Waals surface area contributed by atoms with Crippen molar-refractivity contribution in [2.24, 2.45) is 0 Å². The Bertz CT molecular complexity index is 506. The Morgan fingerprint density at radius 3 is 2.39 bits per heavy atom. The van der Waals surface area contributed by atoms with Crippen LogP contribution in [0.15, 0.2) is 17.0 Å².